The van der Waals surface area contributed by atoms with E-state index in [1.165, 1.54) is 0 Å². The van der Waals surface area contributed by atoms with Gasteiger partial charge in [-0.3, -0.25) is 0 Å². The molecule has 0 fully saturated rings. The molecule has 0 saturated carbocycles. The van der Waals surface area contributed by atoms with Gasteiger partial charge in [0.1, 0.15) is 0 Å². The lowest BCUT2D eigenvalue weighted by Crippen LogP contribution is -2.42. The Balaban J connectivity index is 2.27. The summed E-state index contributed by atoms with van der Waals surface area (Å²) < 4.78 is 6.69. The standard InChI is InChI=1S/C23H32O2Si/c1-18(21(24)17-19-13-9-7-10-14-19)22(20-15-11-8-12-16-20)25-26(5,6)23(2,3)4/h7-16,21-22,24H,1,17H2,2-6H3. The molecule has 2 aromatic rings. The highest BCUT2D eigenvalue weighted by molar-refractivity contribution is 6.74. The summed E-state index contributed by atoms with van der Waals surface area (Å²) in [5.74, 6) is 0. The molecule has 2 aromatic carbocycles. The molecule has 0 radical (unpaired) electrons. The predicted octanol–water partition coefficient (Wildman–Crippen LogP) is 5.91. The molecule has 1 N–H and O–H groups in total. The summed E-state index contributed by atoms with van der Waals surface area (Å²) in [7, 11) is -2.02. The van der Waals surface area contributed by atoms with Gasteiger partial charge in [-0.05, 0) is 34.8 Å². The van der Waals surface area contributed by atoms with Crippen LogP contribution in [-0.2, 0) is 10.8 Å². The van der Waals surface area contributed by atoms with E-state index < -0.39 is 14.4 Å². The van der Waals surface area contributed by atoms with Crippen molar-refractivity contribution >= 4 is 8.32 Å². The zero-order valence-corrected chi connectivity index (χ0v) is 17.7. The van der Waals surface area contributed by atoms with Crippen molar-refractivity contribution in [2.45, 2.75) is 57.5 Å². The maximum absolute atomic E-state index is 10.8. The van der Waals surface area contributed by atoms with Crippen LogP contribution in [0.15, 0.2) is 72.8 Å². The Hall–Kier alpha value is -1.68. The monoisotopic (exact) mass is 368 g/mol. The quantitative estimate of drug-likeness (QED) is 0.486. The number of benzene rings is 2. The number of aliphatic hydroxyl groups is 1. The van der Waals surface area contributed by atoms with Crippen LogP contribution in [0, 0.1) is 0 Å². The predicted molar refractivity (Wildman–Crippen MR) is 113 cm³/mol. The third-order valence-corrected chi connectivity index (χ3v) is 9.79. The Bertz CT molecular complexity index is 702. The number of hydrogen-bond acceptors (Lipinski definition) is 2. The fraction of sp³-hybridized carbons (Fsp3) is 0.391. The van der Waals surface area contributed by atoms with Crippen LogP contribution in [-0.4, -0.2) is 19.5 Å². The molecule has 0 saturated heterocycles. The van der Waals surface area contributed by atoms with Gasteiger partial charge in [0.2, 0.25) is 0 Å². The smallest absolute Gasteiger partial charge is 0.193 e. The second-order valence-electron chi connectivity index (χ2n) is 8.45. The van der Waals surface area contributed by atoms with E-state index in [9.17, 15) is 5.11 Å². The molecule has 0 aliphatic rings. The normalized spacial score (nSPS) is 14.7. The topological polar surface area (TPSA) is 29.5 Å². The van der Waals surface area contributed by atoms with Crippen LogP contribution >= 0.6 is 0 Å². The van der Waals surface area contributed by atoms with Gasteiger partial charge < -0.3 is 9.53 Å². The maximum atomic E-state index is 10.8. The highest BCUT2D eigenvalue weighted by Gasteiger charge is 2.40. The van der Waals surface area contributed by atoms with Crippen molar-refractivity contribution in [3.05, 3.63) is 83.9 Å². The fourth-order valence-electron chi connectivity index (χ4n) is 2.60. The van der Waals surface area contributed by atoms with Crippen LogP contribution in [0.25, 0.3) is 0 Å². The summed E-state index contributed by atoms with van der Waals surface area (Å²) in [6, 6.07) is 20.1. The highest BCUT2D eigenvalue weighted by atomic mass is 28.4. The Kier molecular flexibility index (Phi) is 6.62. The van der Waals surface area contributed by atoms with Gasteiger partial charge in [-0.25, -0.2) is 0 Å². The molecule has 0 aliphatic carbocycles. The summed E-state index contributed by atoms with van der Waals surface area (Å²) in [4.78, 5) is 0. The van der Waals surface area contributed by atoms with E-state index in [0.29, 0.717) is 6.42 Å². The maximum Gasteiger partial charge on any atom is 0.193 e. The lowest BCUT2D eigenvalue weighted by Gasteiger charge is -2.40. The molecule has 0 bridgehead atoms. The molecular formula is C23H32O2Si. The average Bonchev–Trinajstić information content (AvgIpc) is 2.59. The van der Waals surface area contributed by atoms with Gasteiger partial charge in [0.15, 0.2) is 8.32 Å². The zero-order valence-electron chi connectivity index (χ0n) is 16.7. The van der Waals surface area contributed by atoms with E-state index in [2.05, 4.69) is 52.6 Å². The largest absolute Gasteiger partial charge is 0.406 e. The Morgan fingerprint density at radius 1 is 1.00 bits per heavy atom. The highest BCUT2D eigenvalue weighted by Crippen LogP contribution is 2.42. The molecular weight excluding hydrogens is 336 g/mol. The van der Waals surface area contributed by atoms with Crippen LogP contribution in [0.3, 0.4) is 0 Å². The molecule has 0 heterocycles. The second kappa shape index (κ2) is 8.34. The van der Waals surface area contributed by atoms with E-state index >= 15 is 0 Å². The van der Waals surface area contributed by atoms with Crippen LogP contribution in [0.4, 0.5) is 0 Å². The van der Waals surface area contributed by atoms with Crippen molar-refractivity contribution in [3.63, 3.8) is 0 Å². The second-order valence-corrected chi connectivity index (χ2v) is 13.2. The van der Waals surface area contributed by atoms with E-state index in [0.717, 1.165) is 16.7 Å². The minimum Gasteiger partial charge on any atom is -0.406 e. The molecule has 140 valence electrons. The zero-order chi connectivity index (χ0) is 19.4. The third kappa shape index (κ3) is 5.16. The summed E-state index contributed by atoms with van der Waals surface area (Å²) in [6.07, 6.45) is -0.396. The first-order chi connectivity index (χ1) is 12.1. The molecule has 0 aromatic heterocycles. The van der Waals surface area contributed by atoms with E-state index in [1.807, 2.05) is 48.5 Å². The van der Waals surface area contributed by atoms with Crippen molar-refractivity contribution in [2.75, 3.05) is 0 Å². The van der Waals surface area contributed by atoms with Crippen LogP contribution in [0.5, 0.6) is 0 Å². The molecule has 2 atom stereocenters. The first kappa shape index (κ1) is 20.6. The number of hydrogen-bond donors (Lipinski definition) is 1. The first-order valence-corrected chi connectivity index (χ1v) is 12.2. The molecule has 2 rings (SSSR count). The molecule has 0 aliphatic heterocycles. The fourth-order valence-corrected chi connectivity index (χ4v) is 3.83. The summed E-state index contributed by atoms with van der Waals surface area (Å²) >= 11 is 0. The summed E-state index contributed by atoms with van der Waals surface area (Å²) in [5, 5.41) is 10.9. The lowest BCUT2D eigenvalue weighted by atomic mass is 9.95. The first-order valence-electron chi connectivity index (χ1n) is 9.25. The Morgan fingerprint density at radius 3 is 2.00 bits per heavy atom. The molecule has 0 amide bonds. The van der Waals surface area contributed by atoms with Gasteiger partial charge in [0.25, 0.3) is 0 Å². The van der Waals surface area contributed by atoms with Gasteiger partial charge in [0.05, 0.1) is 12.2 Å². The van der Waals surface area contributed by atoms with Crippen molar-refractivity contribution < 1.29 is 9.53 Å². The van der Waals surface area contributed by atoms with Gasteiger partial charge in [-0.15, -0.1) is 0 Å². The third-order valence-electron chi connectivity index (χ3n) is 5.36. The molecule has 26 heavy (non-hydrogen) atoms. The number of rotatable bonds is 7. The van der Waals surface area contributed by atoms with Crippen LogP contribution < -0.4 is 0 Å². The molecule has 3 heteroatoms. The Labute approximate surface area is 159 Å². The summed E-state index contributed by atoms with van der Waals surface area (Å²) in [6.45, 7) is 15.4. The minimum absolute atomic E-state index is 0.0880. The van der Waals surface area contributed by atoms with E-state index in [-0.39, 0.29) is 11.1 Å². The van der Waals surface area contributed by atoms with Gasteiger partial charge in [-0.2, -0.15) is 0 Å². The minimum atomic E-state index is -2.02. The van der Waals surface area contributed by atoms with Crippen molar-refractivity contribution in [1.29, 1.82) is 0 Å². The molecule has 2 unspecified atom stereocenters. The summed E-state index contributed by atoms with van der Waals surface area (Å²) in [5.41, 5.74) is 2.87. The lowest BCUT2D eigenvalue weighted by molar-refractivity contribution is 0.149. The van der Waals surface area contributed by atoms with Crippen molar-refractivity contribution in [3.8, 4) is 0 Å². The van der Waals surface area contributed by atoms with Gasteiger partial charge in [-0.1, -0.05) is 88.0 Å². The molecule has 2 nitrogen and oxygen atoms in total. The van der Waals surface area contributed by atoms with Crippen molar-refractivity contribution in [1.82, 2.24) is 0 Å². The molecule has 0 spiro atoms. The van der Waals surface area contributed by atoms with Crippen LogP contribution in [0.1, 0.15) is 38.0 Å². The van der Waals surface area contributed by atoms with Crippen molar-refractivity contribution in [2.24, 2.45) is 0 Å². The average molecular weight is 369 g/mol. The van der Waals surface area contributed by atoms with E-state index in [4.69, 9.17) is 4.43 Å². The van der Waals surface area contributed by atoms with Gasteiger partial charge in [0, 0.05) is 6.42 Å². The van der Waals surface area contributed by atoms with Crippen LogP contribution in [0.2, 0.25) is 18.1 Å². The SMILES string of the molecule is C=C(C(O)Cc1ccccc1)C(O[Si](C)(C)C(C)(C)C)c1ccccc1. The van der Waals surface area contributed by atoms with E-state index in [1.54, 1.807) is 0 Å². The Morgan fingerprint density at radius 2 is 1.50 bits per heavy atom. The van der Waals surface area contributed by atoms with Gasteiger partial charge >= 0.3 is 0 Å². The number of aliphatic hydroxyl groups excluding tert-OH is 1.